The number of hydrogen-bond acceptors (Lipinski definition) is 1. The first-order valence-electron chi connectivity index (χ1n) is 14.5. The molecular weight excluding hydrogens is 508 g/mol. The number of imidazole rings is 1. The van der Waals surface area contributed by atoms with Gasteiger partial charge in [0.1, 0.15) is 5.82 Å². The van der Waals surface area contributed by atoms with E-state index in [1.54, 1.807) is 0 Å². The van der Waals surface area contributed by atoms with Crippen molar-refractivity contribution in [3.63, 3.8) is 0 Å². The highest BCUT2D eigenvalue weighted by molar-refractivity contribution is 6.18. The lowest BCUT2D eigenvalue weighted by Crippen LogP contribution is -1.97. The lowest BCUT2D eigenvalue weighted by atomic mass is 9.92. The van der Waals surface area contributed by atoms with Crippen molar-refractivity contribution >= 4 is 32.6 Å². The molecule has 196 valence electrons. The molecule has 0 N–H and O–H groups in total. The van der Waals surface area contributed by atoms with E-state index < -0.39 is 0 Å². The van der Waals surface area contributed by atoms with Crippen LogP contribution in [0.5, 0.6) is 0 Å². The second-order valence-corrected chi connectivity index (χ2v) is 11.2. The van der Waals surface area contributed by atoms with Gasteiger partial charge in [0.25, 0.3) is 0 Å². The molecule has 2 nitrogen and oxygen atoms in total. The molecule has 0 amide bonds. The molecule has 1 aliphatic carbocycles. The van der Waals surface area contributed by atoms with E-state index in [2.05, 4.69) is 145 Å². The molecular formula is C40H26N2. The van der Waals surface area contributed by atoms with Gasteiger partial charge in [0.2, 0.25) is 0 Å². The molecule has 0 radical (unpaired) electrons. The van der Waals surface area contributed by atoms with E-state index >= 15 is 0 Å². The molecule has 0 saturated heterocycles. The number of fused-ring (bicyclic) bond motifs is 5. The Morgan fingerprint density at radius 2 is 1.12 bits per heavy atom. The molecule has 0 fully saturated rings. The highest BCUT2D eigenvalue weighted by atomic mass is 15.1. The van der Waals surface area contributed by atoms with E-state index in [-0.39, 0.29) is 0 Å². The van der Waals surface area contributed by atoms with Crippen LogP contribution in [0.25, 0.3) is 82.8 Å². The lowest BCUT2D eigenvalue weighted by Gasteiger charge is -2.12. The normalized spacial score (nSPS) is 11.9. The van der Waals surface area contributed by atoms with Gasteiger partial charge in [-0.25, -0.2) is 4.98 Å². The minimum atomic E-state index is 0.992. The Hall–Kier alpha value is -5.47. The van der Waals surface area contributed by atoms with Crippen molar-refractivity contribution < 1.29 is 0 Å². The van der Waals surface area contributed by atoms with Gasteiger partial charge in [-0.15, -0.1) is 0 Å². The molecule has 2 heteroatoms. The summed E-state index contributed by atoms with van der Waals surface area (Å²) >= 11 is 0. The van der Waals surface area contributed by atoms with Gasteiger partial charge >= 0.3 is 0 Å². The molecule has 0 saturated carbocycles. The third-order valence-corrected chi connectivity index (χ3v) is 8.87. The smallest absolute Gasteiger partial charge is 0.111 e. The largest absolute Gasteiger partial charge is 0.297 e. The fourth-order valence-corrected chi connectivity index (χ4v) is 6.95. The lowest BCUT2D eigenvalue weighted by molar-refractivity contribution is 1.00. The number of aromatic nitrogens is 2. The van der Waals surface area contributed by atoms with Crippen LogP contribution in [0.1, 0.15) is 5.82 Å². The molecule has 1 heterocycles. The Morgan fingerprint density at radius 3 is 1.98 bits per heavy atom. The summed E-state index contributed by atoms with van der Waals surface area (Å²) in [6, 6.07) is 50.9. The maximum absolute atomic E-state index is 4.77. The predicted octanol–water partition coefficient (Wildman–Crippen LogP) is 10.6. The number of nitrogens with zero attached hydrogens (tertiary/aromatic N) is 2. The molecule has 42 heavy (non-hydrogen) atoms. The first-order chi connectivity index (χ1) is 20.7. The van der Waals surface area contributed by atoms with Gasteiger partial charge in [0, 0.05) is 5.69 Å². The van der Waals surface area contributed by atoms with Crippen molar-refractivity contribution in [3.05, 3.63) is 145 Å². The van der Waals surface area contributed by atoms with Crippen LogP contribution < -0.4 is 0 Å². The van der Waals surface area contributed by atoms with Crippen LogP contribution in [0.15, 0.2) is 140 Å². The summed E-state index contributed by atoms with van der Waals surface area (Å²) in [6.45, 7) is 2.07. The van der Waals surface area contributed by atoms with Crippen LogP contribution in [-0.2, 0) is 0 Å². The maximum atomic E-state index is 4.77. The van der Waals surface area contributed by atoms with E-state index in [0.29, 0.717) is 0 Å². The van der Waals surface area contributed by atoms with E-state index in [0.717, 1.165) is 22.5 Å². The average molecular weight is 535 g/mol. The molecule has 1 aliphatic rings. The SMILES string of the molecule is Cc1nc2ccccc2n1-c1cccc(-c2ccc3cc(-c4ccc5c6c(cccc46)-c4ccccc4-5)ccc3c2)c1. The zero-order chi connectivity index (χ0) is 27.8. The van der Waals surface area contributed by atoms with Crippen molar-refractivity contribution in [1.29, 1.82) is 0 Å². The van der Waals surface area contributed by atoms with Crippen LogP contribution in [0, 0.1) is 6.92 Å². The van der Waals surface area contributed by atoms with E-state index in [4.69, 9.17) is 4.98 Å². The summed E-state index contributed by atoms with van der Waals surface area (Å²) < 4.78 is 2.24. The van der Waals surface area contributed by atoms with Crippen molar-refractivity contribution in [3.8, 4) is 50.2 Å². The number of rotatable bonds is 3. The van der Waals surface area contributed by atoms with Crippen molar-refractivity contribution in [1.82, 2.24) is 9.55 Å². The minimum absolute atomic E-state index is 0.992. The summed E-state index contributed by atoms with van der Waals surface area (Å²) in [5.74, 6) is 0.992. The molecule has 1 aromatic heterocycles. The van der Waals surface area contributed by atoms with Crippen LogP contribution >= 0.6 is 0 Å². The zero-order valence-corrected chi connectivity index (χ0v) is 23.2. The van der Waals surface area contributed by atoms with Crippen LogP contribution in [0.2, 0.25) is 0 Å². The monoisotopic (exact) mass is 534 g/mol. The Kier molecular flexibility index (Phi) is 4.85. The van der Waals surface area contributed by atoms with Gasteiger partial charge in [0.05, 0.1) is 11.0 Å². The number of para-hydroxylation sites is 2. The van der Waals surface area contributed by atoms with Crippen molar-refractivity contribution in [2.24, 2.45) is 0 Å². The predicted molar refractivity (Wildman–Crippen MR) is 176 cm³/mol. The van der Waals surface area contributed by atoms with E-state index in [9.17, 15) is 0 Å². The molecule has 0 aliphatic heterocycles. The summed E-state index contributed by atoms with van der Waals surface area (Å²) in [5, 5.41) is 5.17. The van der Waals surface area contributed by atoms with E-state index in [1.165, 1.54) is 66.1 Å². The first-order valence-corrected chi connectivity index (χ1v) is 14.5. The molecule has 8 aromatic rings. The standard InChI is InChI=1S/C40H26N2/c1-25-41-38-14-4-5-15-39(38)42(25)31-9-6-8-26(24-31)27-16-17-29-23-30(19-18-28(29)22-27)32-20-21-37-34-11-3-2-10-33(34)36-13-7-12-35(32)40(36)37/h2-24H,1H3. The Balaban J connectivity index is 1.12. The summed E-state index contributed by atoms with van der Waals surface area (Å²) in [7, 11) is 0. The summed E-state index contributed by atoms with van der Waals surface area (Å²) in [5.41, 5.74) is 13.6. The van der Waals surface area contributed by atoms with Gasteiger partial charge in [-0.3, -0.25) is 4.57 Å². The van der Waals surface area contributed by atoms with Gasteiger partial charge < -0.3 is 0 Å². The summed E-state index contributed by atoms with van der Waals surface area (Å²) in [6.07, 6.45) is 0. The number of benzene rings is 7. The second-order valence-electron chi connectivity index (χ2n) is 11.2. The van der Waals surface area contributed by atoms with Gasteiger partial charge in [-0.1, -0.05) is 103 Å². The van der Waals surface area contributed by atoms with Gasteiger partial charge in [-0.2, -0.15) is 0 Å². The third kappa shape index (κ3) is 3.36. The third-order valence-electron chi connectivity index (χ3n) is 8.87. The van der Waals surface area contributed by atoms with Crippen molar-refractivity contribution in [2.75, 3.05) is 0 Å². The second kappa shape index (κ2) is 8.76. The molecule has 0 spiro atoms. The number of hydrogen-bond donors (Lipinski definition) is 0. The van der Waals surface area contributed by atoms with Crippen molar-refractivity contribution in [2.45, 2.75) is 6.92 Å². The zero-order valence-electron chi connectivity index (χ0n) is 23.2. The first kappa shape index (κ1) is 23.3. The maximum Gasteiger partial charge on any atom is 0.111 e. The molecule has 7 aromatic carbocycles. The van der Waals surface area contributed by atoms with Crippen LogP contribution in [0.3, 0.4) is 0 Å². The Morgan fingerprint density at radius 1 is 0.476 bits per heavy atom. The minimum Gasteiger partial charge on any atom is -0.297 e. The van der Waals surface area contributed by atoms with Gasteiger partial charge in [0.15, 0.2) is 0 Å². The molecule has 0 atom stereocenters. The molecule has 0 unspecified atom stereocenters. The molecule has 0 bridgehead atoms. The quantitative estimate of drug-likeness (QED) is 0.220. The topological polar surface area (TPSA) is 17.8 Å². The van der Waals surface area contributed by atoms with Crippen LogP contribution in [0.4, 0.5) is 0 Å². The average Bonchev–Trinajstić information content (AvgIpc) is 3.56. The number of aryl methyl sites for hydroxylation is 1. The highest BCUT2D eigenvalue weighted by Gasteiger charge is 2.22. The Labute approximate surface area is 244 Å². The molecule has 9 rings (SSSR count). The van der Waals surface area contributed by atoms with E-state index in [1.807, 2.05) is 6.07 Å². The van der Waals surface area contributed by atoms with Gasteiger partial charge in [-0.05, 0) is 109 Å². The summed E-state index contributed by atoms with van der Waals surface area (Å²) in [4.78, 5) is 4.77. The highest BCUT2D eigenvalue weighted by Crippen LogP contribution is 2.49. The fraction of sp³-hybridized carbons (Fsp3) is 0.0250. The Bertz CT molecular complexity index is 2340. The fourth-order valence-electron chi connectivity index (χ4n) is 6.95. The van der Waals surface area contributed by atoms with Crippen LogP contribution in [-0.4, -0.2) is 9.55 Å².